The number of amides is 1. The van der Waals surface area contributed by atoms with Gasteiger partial charge in [0.05, 0.1) is 11.6 Å². The Balaban J connectivity index is 1.96. The summed E-state index contributed by atoms with van der Waals surface area (Å²) >= 11 is 0. The van der Waals surface area contributed by atoms with Crippen molar-refractivity contribution in [2.75, 3.05) is 4.90 Å². The van der Waals surface area contributed by atoms with E-state index in [-0.39, 0.29) is 17.0 Å². The van der Waals surface area contributed by atoms with Crippen LogP contribution in [-0.4, -0.2) is 16.8 Å². The summed E-state index contributed by atoms with van der Waals surface area (Å²) < 4.78 is 27.4. The van der Waals surface area contributed by atoms with Crippen LogP contribution in [0.5, 0.6) is 0 Å². The fourth-order valence-electron chi connectivity index (χ4n) is 3.76. The number of rotatable bonds is 3. The molecule has 0 aromatic heterocycles. The maximum atomic E-state index is 13.9. The number of halogens is 2. The van der Waals surface area contributed by atoms with Crippen molar-refractivity contribution in [1.29, 1.82) is 0 Å². The summed E-state index contributed by atoms with van der Waals surface area (Å²) in [5.41, 5.74) is 2.71. The van der Waals surface area contributed by atoms with Gasteiger partial charge in [-0.15, -0.1) is 0 Å². The smallest absolute Gasteiger partial charge is 0.300 e. The topological polar surface area (TPSA) is 57.6 Å². The van der Waals surface area contributed by atoms with Crippen LogP contribution in [0.3, 0.4) is 0 Å². The number of nitrogens with zero attached hydrogens (tertiary/aromatic N) is 1. The van der Waals surface area contributed by atoms with Crippen molar-refractivity contribution in [3.8, 4) is 0 Å². The van der Waals surface area contributed by atoms with Gasteiger partial charge in [0.25, 0.3) is 11.7 Å². The van der Waals surface area contributed by atoms with E-state index in [0.717, 1.165) is 28.2 Å². The number of aryl methyl sites for hydroxylation is 2. The molecule has 1 saturated heterocycles. The standard InChI is InChI=1S/C25H19F2NO3/c1-14-6-8-16(9-7-14)23(29)21-22(17-5-3-4-15(2)12-17)28(25(31)24(21)30)18-10-11-19(26)20(27)13-18/h3-13,22,29H,1-2H3/b23-21+. The van der Waals surface area contributed by atoms with E-state index < -0.39 is 29.4 Å². The van der Waals surface area contributed by atoms with Crippen LogP contribution in [0.1, 0.15) is 28.3 Å². The van der Waals surface area contributed by atoms with Gasteiger partial charge in [0.2, 0.25) is 0 Å². The van der Waals surface area contributed by atoms with Gasteiger partial charge in [0, 0.05) is 17.3 Å². The Bertz CT molecular complexity index is 1230. The molecule has 3 aromatic carbocycles. The number of ketones is 1. The van der Waals surface area contributed by atoms with Crippen LogP contribution in [-0.2, 0) is 9.59 Å². The molecule has 1 atom stereocenters. The lowest BCUT2D eigenvalue weighted by Gasteiger charge is -2.25. The van der Waals surface area contributed by atoms with Gasteiger partial charge >= 0.3 is 0 Å². The minimum Gasteiger partial charge on any atom is -0.507 e. The minimum absolute atomic E-state index is 0.0236. The van der Waals surface area contributed by atoms with Crippen molar-refractivity contribution in [3.05, 3.63) is 106 Å². The van der Waals surface area contributed by atoms with Crippen LogP contribution in [0.25, 0.3) is 5.76 Å². The van der Waals surface area contributed by atoms with Gasteiger partial charge in [-0.1, -0.05) is 59.7 Å². The Labute approximate surface area is 178 Å². The maximum Gasteiger partial charge on any atom is 0.300 e. The number of benzene rings is 3. The highest BCUT2D eigenvalue weighted by atomic mass is 19.2. The van der Waals surface area contributed by atoms with Crippen molar-refractivity contribution >= 4 is 23.1 Å². The molecule has 3 aromatic rings. The third-order valence-electron chi connectivity index (χ3n) is 5.31. The van der Waals surface area contributed by atoms with E-state index in [1.165, 1.54) is 6.07 Å². The first-order valence-corrected chi connectivity index (χ1v) is 9.67. The van der Waals surface area contributed by atoms with E-state index in [1.54, 1.807) is 42.5 Å². The maximum absolute atomic E-state index is 13.9. The number of aliphatic hydroxyl groups excluding tert-OH is 1. The first-order valence-electron chi connectivity index (χ1n) is 9.67. The SMILES string of the molecule is Cc1ccc(/C(O)=C2\C(=O)C(=O)N(c3ccc(F)c(F)c3)C2c2cccc(C)c2)cc1. The molecule has 1 unspecified atom stereocenters. The highest BCUT2D eigenvalue weighted by Crippen LogP contribution is 2.42. The highest BCUT2D eigenvalue weighted by molar-refractivity contribution is 6.51. The molecular formula is C25H19F2NO3. The third kappa shape index (κ3) is 3.61. The molecule has 1 heterocycles. The highest BCUT2D eigenvalue weighted by Gasteiger charge is 2.47. The second-order valence-electron chi connectivity index (χ2n) is 7.55. The molecule has 0 spiro atoms. The fraction of sp³-hybridized carbons (Fsp3) is 0.120. The Hall–Kier alpha value is -3.80. The Morgan fingerprint density at radius 3 is 2.23 bits per heavy atom. The monoisotopic (exact) mass is 419 g/mol. The van der Waals surface area contributed by atoms with Crippen LogP contribution < -0.4 is 4.90 Å². The first-order chi connectivity index (χ1) is 14.8. The molecule has 1 aliphatic rings. The summed E-state index contributed by atoms with van der Waals surface area (Å²) in [4.78, 5) is 27.1. The molecule has 4 rings (SSSR count). The Kier molecular flexibility index (Phi) is 5.15. The molecule has 4 nitrogen and oxygen atoms in total. The normalized spacial score (nSPS) is 17.9. The zero-order valence-electron chi connectivity index (χ0n) is 16.9. The first kappa shape index (κ1) is 20.5. The molecule has 0 radical (unpaired) electrons. The molecule has 1 N–H and O–H groups in total. The summed E-state index contributed by atoms with van der Waals surface area (Å²) in [6, 6.07) is 16.0. The fourth-order valence-corrected chi connectivity index (χ4v) is 3.76. The average molecular weight is 419 g/mol. The van der Waals surface area contributed by atoms with Crippen LogP contribution >= 0.6 is 0 Å². The van der Waals surface area contributed by atoms with Crippen molar-refractivity contribution in [1.82, 2.24) is 0 Å². The lowest BCUT2D eigenvalue weighted by atomic mass is 9.94. The molecule has 0 saturated carbocycles. The number of hydrogen-bond donors (Lipinski definition) is 1. The second-order valence-corrected chi connectivity index (χ2v) is 7.55. The van der Waals surface area contributed by atoms with Crippen molar-refractivity contribution in [2.24, 2.45) is 0 Å². The van der Waals surface area contributed by atoms with Gasteiger partial charge in [0.15, 0.2) is 11.6 Å². The average Bonchev–Trinajstić information content (AvgIpc) is 3.01. The van der Waals surface area contributed by atoms with Crippen LogP contribution in [0.15, 0.2) is 72.3 Å². The summed E-state index contributed by atoms with van der Waals surface area (Å²) in [5.74, 6) is -4.34. The minimum atomic E-state index is -1.14. The molecule has 0 bridgehead atoms. The molecule has 6 heteroatoms. The lowest BCUT2D eigenvalue weighted by Crippen LogP contribution is -2.29. The van der Waals surface area contributed by atoms with Crippen molar-refractivity contribution in [2.45, 2.75) is 19.9 Å². The molecule has 0 aliphatic carbocycles. The van der Waals surface area contributed by atoms with Gasteiger partial charge < -0.3 is 5.11 Å². The van der Waals surface area contributed by atoms with Crippen LogP contribution in [0.4, 0.5) is 14.5 Å². The molecule has 31 heavy (non-hydrogen) atoms. The van der Waals surface area contributed by atoms with Crippen molar-refractivity contribution < 1.29 is 23.5 Å². The number of Topliss-reactive ketones (excluding diaryl/α,β-unsaturated/α-hetero) is 1. The zero-order valence-corrected chi connectivity index (χ0v) is 16.9. The summed E-state index contributed by atoms with van der Waals surface area (Å²) in [5, 5.41) is 11.0. The van der Waals surface area contributed by atoms with Gasteiger partial charge in [-0.25, -0.2) is 8.78 Å². The summed E-state index contributed by atoms with van der Waals surface area (Å²) in [6.07, 6.45) is 0. The molecule has 156 valence electrons. The third-order valence-corrected chi connectivity index (χ3v) is 5.31. The van der Waals surface area contributed by atoms with E-state index in [4.69, 9.17) is 0 Å². The number of hydrogen-bond acceptors (Lipinski definition) is 3. The second kappa shape index (κ2) is 7.80. The number of anilines is 1. The van der Waals surface area contributed by atoms with Crippen LogP contribution in [0, 0.1) is 25.5 Å². The number of carbonyl (C=O) groups excluding carboxylic acids is 2. The summed E-state index contributed by atoms with van der Waals surface area (Å²) in [7, 11) is 0. The number of aliphatic hydroxyl groups is 1. The van der Waals surface area contributed by atoms with Gasteiger partial charge in [0.1, 0.15) is 5.76 Å². The zero-order chi connectivity index (χ0) is 22.3. The van der Waals surface area contributed by atoms with Gasteiger partial charge in [-0.05, 0) is 31.5 Å². The molecule has 1 fully saturated rings. The predicted octanol–water partition coefficient (Wildman–Crippen LogP) is 5.21. The van der Waals surface area contributed by atoms with Crippen LogP contribution in [0.2, 0.25) is 0 Å². The van der Waals surface area contributed by atoms with E-state index >= 15 is 0 Å². The van der Waals surface area contributed by atoms with E-state index in [2.05, 4.69) is 0 Å². The van der Waals surface area contributed by atoms with E-state index in [0.29, 0.717) is 11.1 Å². The molecular weight excluding hydrogens is 400 g/mol. The Morgan fingerprint density at radius 2 is 1.58 bits per heavy atom. The number of carbonyl (C=O) groups is 2. The van der Waals surface area contributed by atoms with E-state index in [9.17, 15) is 23.5 Å². The molecule has 1 amide bonds. The molecule has 1 aliphatic heterocycles. The van der Waals surface area contributed by atoms with Crippen molar-refractivity contribution in [3.63, 3.8) is 0 Å². The quantitative estimate of drug-likeness (QED) is 0.360. The lowest BCUT2D eigenvalue weighted by molar-refractivity contribution is -0.132. The Morgan fingerprint density at radius 1 is 0.871 bits per heavy atom. The van der Waals surface area contributed by atoms with Gasteiger partial charge in [-0.3, -0.25) is 14.5 Å². The van der Waals surface area contributed by atoms with E-state index in [1.807, 2.05) is 19.9 Å². The summed E-state index contributed by atoms with van der Waals surface area (Å²) in [6.45, 7) is 3.74. The predicted molar refractivity (Wildman–Crippen MR) is 113 cm³/mol. The van der Waals surface area contributed by atoms with Gasteiger partial charge in [-0.2, -0.15) is 0 Å². The largest absolute Gasteiger partial charge is 0.507 e.